The average molecular weight is 405 g/mol. The number of ether oxygens (including phenoxy) is 1. The minimum atomic E-state index is -3.26. The van der Waals surface area contributed by atoms with Gasteiger partial charge in [-0.2, -0.15) is 0 Å². The molecule has 1 aromatic rings. The first-order valence-corrected chi connectivity index (χ1v) is 12.0. The monoisotopic (exact) mass is 404 g/mol. The third kappa shape index (κ3) is 2.90. The number of methoxy groups -OCH3 is 1. The molecule has 4 aliphatic carbocycles. The fourth-order valence-electron chi connectivity index (χ4n) is 6.52. The number of rotatable bonds is 4. The second-order valence-electron chi connectivity index (χ2n) is 9.28. The Hall–Kier alpha value is -1.76. The molecule has 5 aliphatic rings. The highest BCUT2D eigenvalue weighted by Gasteiger charge is 2.54. The highest BCUT2D eigenvalue weighted by molar-refractivity contribution is 7.93. The minimum Gasteiger partial charge on any atom is -0.495 e. The summed E-state index contributed by atoms with van der Waals surface area (Å²) in [5.74, 6) is 2.92. The van der Waals surface area contributed by atoms with Gasteiger partial charge in [-0.3, -0.25) is 9.10 Å². The molecule has 1 amide bonds. The van der Waals surface area contributed by atoms with Crippen LogP contribution in [0.2, 0.25) is 0 Å². The predicted molar refractivity (Wildman–Crippen MR) is 108 cm³/mol. The van der Waals surface area contributed by atoms with Crippen molar-refractivity contribution in [1.82, 2.24) is 0 Å². The van der Waals surface area contributed by atoms with Crippen LogP contribution >= 0.6 is 0 Å². The van der Waals surface area contributed by atoms with Crippen molar-refractivity contribution in [3.05, 3.63) is 18.2 Å². The van der Waals surface area contributed by atoms with Gasteiger partial charge in [-0.05, 0) is 80.9 Å². The Morgan fingerprint density at radius 2 is 1.79 bits per heavy atom. The van der Waals surface area contributed by atoms with Gasteiger partial charge in [0, 0.05) is 6.54 Å². The number of hydrogen-bond acceptors (Lipinski definition) is 4. The third-order valence-corrected chi connectivity index (χ3v) is 9.21. The summed E-state index contributed by atoms with van der Waals surface area (Å²) in [5.41, 5.74) is 0.914. The SMILES string of the molecule is COc1ccc(N2CCCS2(=O)=O)cc1NC(=O)C12CC3CC(CC(C3)C1)C2. The van der Waals surface area contributed by atoms with E-state index in [0.29, 0.717) is 47.8 Å². The highest BCUT2D eigenvalue weighted by Crippen LogP contribution is 2.60. The maximum Gasteiger partial charge on any atom is 0.235 e. The van der Waals surface area contributed by atoms with Gasteiger partial charge in [0.05, 0.1) is 29.7 Å². The number of carbonyl (C=O) groups excluding carboxylic acids is 1. The van der Waals surface area contributed by atoms with Gasteiger partial charge >= 0.3 is 0 Å². The maximum absolute atomic E-state index is 13.4. The second-order valence-corrected chi connectivity index (χ2v) is 11.3. The molecule has 1 saturated heterocycles. The van der Waals surface area contributed by atoms with E-state index in [1.54, 1.807) is 25.3 Å². The number of anilines is 2. The van der Waals surface area contributed by atoms with Gasteiger partial charge in [-0.25, -0.2) is 8.42 Å². The lowest BCUT2D eigenvalue weighted by molar-refractivity contribution is -0.140. The van der Waals surface area contributed by atoms with Gasteiger partial charge in [0.25, 0.3) is 0 Å². The fraction of sp³-hybridized carbons (Fsp3) is 0.667. The van der Waals surface area contributed by atoms with Crippen LogP contribution in [0.15, 0.2) is 18.2 Å². The number of carbonyl (C=O) groups is 1. The molecule has 5 fully saturated rings. The van der Waals surface area contributed by atoms with E-state index in [9.17, 15) is 13.2 Å². The molecule has 152 valence electrons. The van der Waals surface area contributed by atoms with E-state index >= 15 is 0 Å². The smallest absolute Gasteiger partial charge is 0.235 e. The predicted octanol–water partition coefficient (Wildman–Crippen LogP) is 3.39. The van der Waals surface area contributed by atoms with E-state index in [2.05, 4.69) is 5.32 Å². The quantitative estimate of drug-likeness (QED) is 0.835. The molecule has 0 radical (unpaired) electrons. The van der Waals surface area contributed by atoms with Crippen molar-refractivity contribution >= 4 is 27.3 Å². The van der Waals surface area contributed by atoms with E-state index in [4.69, 9.17) is 4.74 Å². The Morgan fingerprint density at radius 3 is 2.32 bits per heavy atom. The van der Waals surface area contributed by atoms with Crippen LogP contribution in [0.3, 0.4) is 0 Å². The molecule has 1 aromatic carbocycles. The van der Waals surface area contributed by atoms with Gasteiger partial charge < -0.3 is 10.1 Å². The van der Waals surface area contributed by atoms with Crippen molar-refractivity contribution in [1.29, 1.82) is 0 Å². The first-order chi connectivity index (χ1) is 13.4. The van der Waals surface area contributed by atoms with Crippen LogP contribution in [-0.2, 0) is 14.8 Å². The van der Waals surface area contributed by atoms with E-state index in [0.717, 1.165) is 19.3 Å². The van der Waals surface area contributed by atoms with Crippen LogP contribution in [0.1, 0.15) is 44.9 Å². The fourth-order valence-corrected chi connectivity index (χ4v) is 8.08. The molecule has 4 bridgehead atoms. The van der Waals surface area contributed by atoms with Gasteiger partial charge in [-0.1, -0.05) is 0 Å². The molecule has 4 saturated carbocycles. The standard InChI is InChI=1S/C21H28N2O4S/c1-27-19-4-3-17(23-5-2-6-28(23,25)26)10-18(19)22-20(24)21-11-14-7-15(12-21)9-16(8-14)13-21/h3-4,10,14-16H,2,5-9,11-13H2,1H3,(H,22,24). The molecule has 0 aromatic heterocycles. The second kappa shape index (κ2) is 6.37. The first kappa shape index (κ1) is 18.3. The molecule has 0 atom stereocenters. The Bertz CT molecular complexity index is 876. The van der Waals surface area contributed by atoms with E-state index in [1.807, 2.05) is 0 Å². The molecule has 6 rings (SSSR count). The summed E-state index contributed by atoms with van der Waals surface area (Å²) >= 11 is 0. The first-order valence-electron chi connectivity index (χ1n) is 10.4. The Labute approximate surface area is 166 Å². The van der Waals surface area contributed by atoms with Gasteiger partial charge in [-0.15, -0.1) is 0 Å². The molecule has 28 heavy (non-hydrogen) atoms. The molecule has 7 heteroatoms. The lowest BCUT2D eigenvalue weighted by atomic mass is 9.49. The number of amides is 1. The summed E-state index contributed by atoms with van der Waals surface area (Å²) in [6.07, 6.45) is 7.48. The number of nitrogens with zero attached hydrogens (tertiary/aromatic N) is 1. The zero-order valence-corrected chi connectivity index (χ0v) is 17.1. The van der Waals surface area contributed by atoms with Crippen molar-refractivity contribution < 1.29 is 17.9 Å². The molecule has 6 nitrogen and oxygen atoms in total. The number of benzene rings is 1. The summed E-state index contributed by atoms with van der Waals surface area (Å²) in [7, 11) is -1.69. The largest absolute Gasteiger partial charge is 0.495 e. The molecular weight excluding hydrogens is 376 g/mol. The van der Waals surface area contributed by atoms with E-state index in [-0.39, 0.29) is 17.1 Å². The topological polar surface area (TPSA) is 75.7 Å². The van der Waals surface area contributed by atoms with Crippen molar-refractivity contribution in [3.63, 3.8) is 0 Å². The number of sulfonamides is 1. The maximum atomic E-state index is 13.4. The zero-order valence-electron chi connectivity index (χ0n) is 16.3. The zero-order chi connectivity index (χ0) is 19.5. The Morgan fingerprint density at radius 1 is 1.14 bits per heavy atom. The van der Waals surface area contributed by atoms with E-state index in [1.165, 1.54) is 23.6 Å². The summed E-state index contributed by atoms with van der Waals surface area (Å²) in [4.78, 5) is 13.4. The van der Waals surface area contributed by atoms with Gasteiger partial charge in [0.1, 0.15) is 5.75 Å². The lowest BCUT2D eigenvalue weighted by Crippen LogP contribution is -2.51. The molecule has 0 spiro atoms. The lowest BCUT2D eigenvalue weighted by Gasteiger charge is -2.55. The summed E-state index contributed by atoms with van der Waals surface area (Å²) in [5, 5.41) is 3.12. The van der Waals surface area contributed by atoms with Crippen molar-refractivity contribution in [2.24, 2.45) is 23.2 Å². The molecular formula is C21H28N2O4S. The minimum absolute atomic E-state index is 0.0892. The summed E-state index contributed by atoms with van der Waals surface area (Å²) in [6, 6.07) is 5.25. The molecule has 1 heterocycles. The third-order valence-electron chi connectivity index (χ3n) is 7.34. The summed E-state index contributed by atoms with van der Waals surface area (Å²) in [6.45, 7) is 0.483. The number of hydrogen-bond donors (Lipinski definition) is 1. The summed E-state index contributed by atoms with van der Waals surface area (Å²) < 4.78 is 31.5. The van der Waals surface area contributed by atoms with Crippen molar-refractivity contribution in [3.8, 4) is 5.75 Å². The Kier molecular flexibility index (Phi) is 4.16. The molecule has 0 unspecified atom stereocenters. The van der Waals surface area contributed by atoms with E-state index < -0.39 is 10.0 Å². The normalized spacial score (nSPS) is 35.2. The van der Waals surface area contributed by atoms with Crippen LogP contribution in [0.4, 0.5) is 11.4 Å². The number of nitrogens with one attached hydrogen (secondary N) is 1. The van der Waals surface area contributed by atoms with Crippen LogP contribution in [-0.4, -0.2) is 33.7 Å². The molecule has 1 N–H and O–H groups in total. The van der Waals surface area contributed by atoms with Crippen LogP contribution in [0, 0.1) is 23.2 Å². The van der Waals surface area contributed by atoms with Crippen molar-refractivity contribution in [2.75, 3.05) is 29.0 Å². The van der Waals surface area contributed by atoms with Crippen LogP contribution in [0.5, 0.6) is 5.75 Å². The van der Waals surface area contributed by atoms with Crippen LogP contribution in [0.25, 0.3) is 0 Å². The van der Waals surface area contributed by atoms with Gasteiger partial charge in [0.2, 0.25) is 15.9 Å². The van der Waals surface area contributed by atoms with Gasteiger partial charge in [0.15, 0.2) is 0 Å². The Balaban J connectivity index is 1.43. The average Bonchev–Trinajstić information content (AvgIpc) is 2.99. The van der Waals surface area contributed by atoms with Crippen LogP contribution < -0.4 is 14.4 Å². The molecule has 1 aliphatic heterocycles. The highest BCUT2D eigenvalue weighted by atomic mass is 32.2. The van der Waals surface area contributed by atoms with Crippen molar-refractivity contribution in [2.45, 2.75) is 44.9 Å².